The van der Waals surface area contributed by atoms with Crippen LogP contribution in [-0.2, 0) is 20.1 Å². The lowest BCUT2D eigenvalue weighted by atomic mass is 10.1. The van der Waals surface area contributed by atoms with Crippen LogP contribution in [0.3, 0.4) is 0 Å². The maximum Gasteiger partial charge on any atom is 0.573 e. The van der Waals surface area contributed by atoms with Gasteiger partial charge in [-0.15, -0.1) is 13.2 Å². The third kappa shape index (κ3) is 5.93. The van der Waals surface area contributed by atoms with E-state index in [1.54, 1.807) is 36.2 Å². The highest BCUT2D eigenvalue weighted by atomic mass is 19.4. The summed E-state index contributed by atoms with van der Waals surface area (Å²) in [6, 6.07) is 14.2. The smallest absolute Gasteiger partial charge is 0.406 e. The lowest BCUT2D eigenvalue weighted by molar-refractivity contribution is -0.274. The fraction of sp³-hybridized carbons (Fsp3) is 0.261. The van der Waals surface area contributed by atoms with Crippen LogP contribution in [0.2, 0.25) is 0 Å². The first-order valence-corrected chi connectivity index (χ1v) is 10.2. The van der Waals surface area contributed by atoms with Gasteiger partial charge in [-0.2, -0.15) is 0 Å². The van der Waals surface area contributed by atoms with Crippen molar-refractivity contribution >= 4 is 11.6 Å². The van der Waals surface area contributed by atoms with Gasteiger partial charge in [0.15, 0.2) is 5.78 Å². The summed E-state index contributed by atoms with van der Waals surface area (Å²) in [5.41, 5.74) is 5.77. The molecule has 34 heavy (non-hydrogen) atoms. The van der Waals surface area contributed by atoms with Gasteiger partial charge in [-0.3, -0.25) is 23.6 Å². The Balaban J connectivity index is 1.79. The lowest BCUT2D eigenvalue weighted by Gasteiger charge is -2.18. The van der Waals surface area contributed by atoms with E-state index in [-0.39, 0.29) is 36.8 Å². The molecule has 0 atom stereocenters. The number of aromatic nitrogens is 2. The molecule has 3 rings (SSSR count). The number of rotatable bonds is 8. The maximum absolute atomic E-state index is 13.0. The highest BCUT2D eigenvalue weighted by molar-refractivity contribution is 6.01. The van der Waals surface area contributed by atoms with Gasteiger partial charge < -0.3 is 10.5 Å². The zero-order valence-corrected chi connectivity index (χ0v) is 18.5. The third-order valence-electron chi connectivity index (χ3n) is 5.07. The number of Topliss-reactive ketones (excluding diaryl/α,β-unsaturated/α-hetero) is 1. The molecule has 2 N–H and O–H groups in total. The molecule has 0 amide bonds. The van der Waals surface area contributed by atoms with Gasteiger partial charge in [0.25, 0.3) is 5.56 Å². The van der Waals surface area contributed by atoms with Crippen molar-refractivity contribution in [2.24, 2.45) is 7.05 Å². The number of nitrogens with two attached hydrogens (primary N) is 1. The summed E-state index contributed by atoms with van der Waals surface area (Å²) in [7, 11) is 2.88. The van der Waals surface area contributed by atoms with Crippen molar-refractivity contribution < 1.29 is 22.7 Å². The quantitative estimate of drug-likeness (QED) is 0.502. The van der Waals surface area contributed by atoms with Crippen LogP contribution in [0.5, 0.6) is 5.75 Å². The number of carbonyl (C=O) groups is 1. The molecule has 11 heteroatoms. The minimum Gasteiger partial charge on any atom is -0.406 e. The summed E-state index contributed by atoms with van der Waals surface area (Å²) >= 11 is 0. The summed E-state index contributed by atoms with van der Waals surface area (Å²) in [5, 5.41) is 0. The molecule has 0 aliphatic heterocycles. The van der Waals surface area contributed by atoms with Crippen molar-refractivity contribution in [3.05, 3.63) is 92.1 Å². The molecule has 8 nitrogen and oxygen atoms in total. The number of hydrogen-bond acceptors (Lipinski definition) is 6. The van der Waals surface area contributed by atoms with E-state index >= 15 is 0 Å². The average Bonchev–Trinajstić information content (AvgIpc) is 2.76. The molecule has 0 fully saturated rings. The van der Waals surface area contributed by atoms with E-state index in [0.717, 1.165) is 10.1 Å². The molecule has 3 aromatic rings. The Morgan fingerprint density at radius 3 is 2.24 bits per heavy atom. The molecule has 0 bridgehead atoms. The van der Waals surface area contributed by atoms with Crippen molar-refractivity contribution in [1.82, 2.24) is 14.0 Å². The molecule has 0 aliphatic rings. The number of anilines is 1. The van der Waals surface area contributed by atoms with Gasteiger partial charge in [-0.1, -0.05) is 42.5 Å². The standard InChI is InChI=1S/C23H23F3N4O4/c1-28(12-16-8-10-17(11-9-16)34-23(24,25)26)14-18(31)19-20(27)30(22(33)29(2)21(19)32)13-15-6-4-3-5-7-15/h3-11H,12-14,27H2,1-2H3. The average molecular weight is 476 g/mol. The fourth-order valence-electron chi connectivity index (χ4n) is 3.45. The van der Waals surface area contributed by atoms with Crippen LogP contribution >= 0.6 is 0 Å². The second-order valence-corrected chi connectivity index (χ2v) is 7.77. The first-order valence-electron chi connectivity index (χ1n) is 10.2. The molecular weight excluding hydrogens is 453 g/mol. The van der Waals surface area contributed by atoms with Crippen molar-refractivity contribution in [3.8, 4) is 5.75 Å². The molecule has 0 radical (unpaired) electrons. The number of alkyl halides is 3. The second kappa shape index (κ2) is 9.96. The Morgan fingerprint density at radius 1 is 1.03 bits per heavy atom. The topological polar surface area (TPSA) is 99.6 Å². The molecule has 0 saturated carbocycles. The van der Waals surface area contributed by atoms with Gasteiger partial charge in [-0.05, 0) is 30.3 Å². The number of hydrogen-bond donors (Lipinski definition) is 1. The van der Waals surface area contributed by atoms with Gasteiger partial charge in [0.05, 0.1) is 13.1 Å². The van der Waals surface area contributed by atoms with E-state index < -0.39 is 23.4 Å². The predicted molar refractivity (Wildman–Crippen MR) is 120 cm³/mol. The minimum absolute atomic E-state index is 0.0854. The third-order valence-corrected chi connectivity index (χ3v) is 5.07. The Kier molecular flexibility index (Phi) is 7.26. The van der Waals surface area contributed by atoms with Crippen molar-refractivity contribution in [2.45, 2.75) is 19.5 Å². The van der Waals surface area contributed by atoms with Gasteiger partial charge in [0, 0.05) is 13.6 Å². The largest absolute Gasteiger partial charge is 0.573 e. The summed E-state index contributed by atoms with van der Waals surface area (Å²) in [6.45, 7) is 0.0911. The van der Waals surface area contributed by atoms with E-state index in [4.69, 9.17) is 5.73 Å². The highest BCUT2D eigenvalue weighted by Crippen LogP contribution is 2.23. The molecule has 0 saturated heterocycles. The van der Waals surface area contributed by atoms with E-state index in [2.05, 4.69) is 4.74 Å². The summed E-state index contributed by atoms with van der Waals surface area (Å²) < 4.78 is 42.7. The molecule has 180 valence electrons. The van der Waals surface area contributed by atoms with E-state index in [9.17, 15) is 27.6 Å². The Hall–Kier alpha value is -3.86. The van der Waals surface area contributed by atoms with Crippen LogP contribution in [0.1, 0.15) is 21.5 Å². The normalized spacial score (nSPS) is 11.6. The van der Waals surface area contributed by atoms with Crippen LogP contribution in [0.25, 0.3) is 0 Å². The zero-order valence-electron chi connectivity index (χ0n) is 18.5. The lowest BCUT2D eigenvalue weighted by Crippen LogP contribution is -2.44. The number of ketones is 1. The number of likely N-dealkylation sites (N-methyl/N-ethyl adjacent to an activating group) is 1. The molecule has 0 spiro atoms. The number of halogens is 3. The predicted octanol–water partition coefficient (Wildman–Crippen LogP) is 2.39. The molecule has 1 heterocycles. The zero-order chi connectivity index (χ0) is 25.0. The molecule has 0 aliphatic carbocycles. The van der Waals surface area contributed by atoms with E-state index in [1.165, 1.54) is 35.9 Å². The monoisotopic (exact) mass is 476 g/mol. The van der Waals surface area contributed by atoms with Crippen molar-refractivity contribution in [3.63, 3.8) is 0 Å². The van der Waals surface area contributed by atoms with Crippen LogP contribution in [0, 0.1) is 0 Å². The Morgan fingerprint density at radius 2 is 1.65 bits per heavy atom. The van der Waals surface area contributed by atoms with Crippen molar-refractivity contribution in [2.75, 3.05) is 19.3 Å². The SMILES string of the molecule is CN(CC(=O)c1c(N)n(Cc2ccccc2)c(=O)n(C)c1=O)Cc1ccc(OC(F)(F)F)cc1. The van der Waals surface area contributed by atoms with Crippen LogP contribution in [-0.4, -0.2) is 39.8 Å². The van der Waals surface area contributed by atoms with E-state index in [0.29, 0.717) is 5.56 Å². The summed E-state index contributed by atoms with van der Waals surface area (Å²) in [5.74, 6) is -1.16. The maximum atomic E-state index is 13.0. The molecular formula is C23H23F3N4O4. The van der Waals surface area contributed by atoms with Crippen LogP contribution in [0.4, 0.5) is 19.0 Å². The van der Waals surface area contributed by atoms with Crippen LogP contribution in [0.15, 0.2) is 64.2 Å². The minimum atomic E-state index is -4.78. The summed E-state index contributed by atoms with van der Waals surface area (Å²) in [4.78, 5) is 39.8. The fourth-order valence-corrected chi connectivity index (χ4v) is 3.45. The number of carbonyl (C=O) groups excluding carboxylic acids is 1. The first kappa shape index (κ1) is 24.8. The van der Waals surface area contributed by atoms with Crippen molar-refractivity contribution in [1.29, 1.82) is 0 Å². The molecule has 0 unspecified atom stereocenters. The summed E-state index contributed by atoms with van der Waals surface area (Å²) in [6.07, 6.45) is -4.78. The Labute approximate surface area is 192 Å². The second-order valence-electron chi connectivity index (χ2n) is 7.77. The van der Waals surface area contributed by atoms with Gasteiger partial charge >= 0.3 is 12.1 Å². The Bertz CT molecular complexity index is 1280. The molecule has 1 aromatic heterocycles. The van der Waals surface area contributed by atoms with Gasteiger partial charge in [0.2, 0.25) is 0 Å². The number of benzene rings is 2. The number of nitrogen functional groups attached to an aromatic ring is 1. The number of nitrogens with zero attached hydrogens (tertiary/aromatic N) is 3. The number of ether oxygens (including phenoxy) is 1. The van der Waals surface area contributed by atoms with Gasteiger partial charge in [-0.25, -0.2) is 4.79 Å². The van der Waals surface area contributed by atoms with Gasteiger partial charge in [0.1, 0.15) is 17.1 Å². The first-order chi connectivity index (χ1) is 16.0. The van der Waals surface area contributed by atoms with Crippen LogP contribution < -0.4 is 21.7 Å². The highest BCUT2D eigenvalue weighted by Gasteiger charge is 2.31. The van der Waals surface area contributed by atoms with E-state index in [1.807, 2.05) is 6.07 Å². The molecule has 2 aromatic carbocycles.